The number of carbonyl (C=O) groups is 1. The van der Waals surface area contributed by atoms with E-state index in [0.29, 0.717) is 11.5 Å². The first-order valence-electron chi connectivity index (χ1n) is 6.95. The molecule has 1 heterocycles. The Labute approximate surface area is 116 Å². The van der Waals surface area contributed by atoms with Crippen LogP contribution in [-0.4, -0.2) is 36.4 Å². The van der Waals surface area contributed by atoms with Crippen molar-refractivity contribution in [1.29, 1.82) is 0 Å². The summed E-state index contributed by atoms with van der Waals surface area (Å²) in [4.78, 5) is 18.6. The van der Waals surface area contributed by atoms with Crippen LogP contribution < -0.4 is 5.32 Å². The van der Waals surface area contributed by atoms with Crippen molar-refractivity contribution in [1.82, 2.24) is 9.88 Å². The first-order chi connectivity index (χ1) is 9.01. The smallest absolute Gasteiger partial charge is 0.253 e. The first kappa shape index (κ1) is 15.5. The standard InChI is InChI=1S/C15H25N3O/c1-6-11(3)10-18(5)15(19)12-8-13(7-2)17-14(9-12)16-4/h8-9,11H,6-7,10H2,1-5H3,(H,16,17). The van der Waals surface area contributed by atoms with Crippen molar-refractivity contribution in [3.63, 3.8) is 0 Å². The average molecular weight is 263 g/mol. The van der Waals surface area contributed by atoms with Crippen LogP contribution >= 0.6 is 0 Å². The van der Waals surface area contributed by atoms with Gasteiger partial charge >= 0.3 is 0 Å². The topological polar surface area (TPSA) is 45.2 Å². The lowest BCUT2D eigenvalue weighted by atomic mass is 10.1. The zero-order valence-corrected chi connectivity index (χ0v) is 12.7. The van der Waals surface area contributed by atoms with Crippen LogP contribution in [0.25, 0.3) is 0 Å². The van der Waals surface area contributed by atoms with Crippen LogP contribution in [0.3, 0.4) is 0 Å². The molecule has 1 aromatic heterocycles. The van der Waals surface area contributed by atoms with Gasteiger partial charge in [-0.2, -0.15) is 0 Å². The summed E-state index contributed by atoms with van der Waals surface area (Å²) in [6, 6.07) is 3.70. The largest absolute Gasteiger partial charge is 0.373 e. The first-order valence-corrected chi connectivity index (χ1v) is 6.95. The van der Waals surface area contributed by atoms with Crippen LogP contribution in [0.15, 0.2) is 12.1 Å². The Morgan fingerprint density at radius 2 is 2.11 bits per heavy atom. The third kappa shape index (κ3) is 4.23. The van der Waals surface area contributed by atoms with Gasteiger partial charge in [-0.1, -0.05) is 27.2 Å². The monoisotopic (exact) mass is 263 g/mol. The van der Waals surface area contributed by atoms with E-state index >= 15 is 0 Å². The van der Waals surface area contributed by atoms with Gasteiger partial charge in [-0.3, -0.25) is 4.79 Å². The fraction of sp³-hybridized carbons (Fsp3) is 0.600. The average Bonchev–Trinajstić information content (AvgIpc) is 2.45. The summed E-state index contributed by atoms with van der Waals surface area (Å²) >= 11 is 0. The number of anilines is 1. The Morgan fingerprint density at radius 1 is 1.42 bits per heavy atom. The van der Waals surface area contributed by atoms with E-state index in [2.05, 4.69) is 24.1 Å². The number of pyridine rings is 1. The molecule has 0 aliphatic rings. The molecule has 1 unspecified atom stereocenters. The lowest BCUT2D eigenvalue weighted by Gasteiger charge is -2.21. The molecule has 1 N–H and O–H groups in total. The highest BCUT2D eigenvalue weighted by atomic mass is 16.2. The van der Waals surface area contributed by atoms with E-state index in [1.165, 1.54) is 0 Å². The molecule has 0 bridgehead atoms. The van der Waals surface area contributed by atoms with Crippen molar-refractivity contribution in [2.24, 2.45) is 5.92 Å². The van der Waals surface area contributed by atoms with Gasteiger partial charge in [0.15, 0.2) is 0 Å². The molecular weight excluding hydrogens is 238 g/mol. The summed E-state index contributed by atoms with van der Waals surface area (Å²) in [5.74, 6) is 1.33. The van der Waals surface area contributed by atoms with Crippen LogP contribution in [0.4, 0.5) is 5.82 Å². The van der Waals surface area contributed by atoms with Crippen molar-refractivity contribution in [3.05, 3.63) is 23.4 Å². The third-order valence-corrected chi connectivity index (χ3v) is 3.37. The van der Waals surface area contributed by atoms with Crippen LogP contribution in [0.5, 0.6) is 0 Å². The summed E-state index contributed by atoms with van der Waals surface area (Å²) in [6.45, 7) is 7.13. The molecule has 1 atom stereocenters. The minimum absolute atomic E-state index is 0.0638. The minimum atomic E-state index is 0.0638. The molecule has 0 aromatic carbocycles. The van der Waals surface area contributed by atoms with Crippen LogP contribution in [0.2, 0.25) is 0 Å². The highest BCUT2D eigenvalue weighted by Gasteiger charge is 2.15. The van der Waals surface area contributed by atoms with Gasteiger partial charge < -0.3 is 10.2 Å². The summed E-state index contributed by atoms with van der Waals surface area (Å²) < 4.78 is 0. The van der Waals surface area contributed by atoms with E-state index in [0.717, 1.165) is 30.9 Å². The summed E-state index contributed by atoms with van der Waals surface area (Å²) in [5.41, 5.74) is 1.65. The van der Waals surface area contributed by atoms with E-state index in [4.69, 9.17) is 0 Å². The molecule has 0 aliphatic heterocycles. The van der Waals surface area contributed by atoms with E-state index < -0.39 is 0 Å². The molecule has 0 fully saturated rings. The molecule has 0 radical (unpaired) electrons. The van der Waals surface area contributed by atoms with Gasteiger partial charge in [0.2, 0.25) is 0 Å². The maximum absolute atomic E-state index is 12.4. The van der Waals surface area contributed by atoms with E-state index in [1.54, 1.807) is 4.90 Å². The zero-order valence-electron chi connectivity index (χ0n) is 12.7. The number of aromatic nitrogens is 1. The normalized spacial score (nSPS) is 12.1. The highest BCUT2D eigenvalue weighted by Crippen LogP contribution is 2.14. The molecule has 1 amide bonds. The second-order valence-electron chi connectivity index (χ2n) is 5.04. The Kier molecular flexibility index (Phi) is 5.80. The van der Waals surface area contributed by atoms with Crippen molar-refractivity contribution < 1.29 is 4.79 Å². The van der Waals surface area contributed by atoms with Crippen LogP contribution in [0.1, 0.15) is 43.2 Å². The minimum Gasteiger partial charge on any atom is -0.373 e. The van der Waals surface area contributed by atoms with Crippen molar-refractivity contribution >= 4 is 11.7 Å². The summed E-state index contributed by atoms with van der Waals surface area (Å²) in [6.07, 6.45) is 1.90. The Morgan fingerprint density at radius 3 is 2.63 bits per heavy atom. The third-order valence-electron chi connectivity index (χ3n) is 3.37. The maximum atomic E-state index is 12.4. The van der Waals surface area contributed by atoms with Gasteiger partial charge in [-0.25, -0.2) is 4.98 Å². The molecule has 0 saturated carbocycles. The summed E-state index contributed by atoms with van der Waals surface area (Å²) in [5, 5.41) is 3.01. The van der Waals surface area contributed by atoms with Gasteiger partial charge in [0.25, 0.3) is 5.91 Å². The number of amides is 1. The van der Waals surface area contributed by atoms with Crippen LogP contribution in [-0.2, 0) is 6.42 Å². The number of aryl methyl sites for hydroxylation is 1. The Hall–Kier alpha value is -1.58. The van der Waals surface area contributed by atoms with Gasteiger partial charge in [-0.05, 0) is 24.5 Å². The van der Waals surface area contributed by atoms with Crippen LogP contribution in [0, 0.1) is 5.92 Å². The predicted octanol–water partition coefficient (Wildman–Crippen LogP) is 2.80. The lowest BCUT2D eigenvalue weighted by Crippen LogP contribution is -2.31. The van der Waals surface area contributed by atoms with E-state index in [9.17, 15) is 4.79 Å². The molecule has 0 saturated heterocycles. The van der Waals surface area contributed by atoms with Crippen molar-refractivity contribution in [2.45, 2.75) is 33.6 Å². The SMILES string of the molecule is CCc1cc(C(=O)N(C)CC(C)CC)cc(NC)n1. The number of nitrogens with zero attached hydrogens (tertiary/aromatic N) is 2. The molecule has 106 valence electrons. The molecule has 1 aromatic rings. The molecule has 0 aliphatic carbocycles. The highest BCUT2D eigenvalue weighted by molar-refractivity contribution is 5.94. The van der Waals surface area contributed by atoms with Gasteiger partial charge in [0, 0.05) is 31.9 Å². The number of hydrogen-bond acceptors (Lipinski definition) is 3. The number of nitrogens with one attached hydrogen (secondary N) is 1. The molecule has 19 heavy (non-hydrogen) atoms. The Bertz CT molecular complexity index is 409. The quantitative estimate of drug-likeness (QED) is 0.858. The Balaban J connectivity index is 2.92. The second-order valence-corrected chi connectivity index (χ2v) is 5.04. The van der Waals surface area contributed by atoms with Gasteiger partial charge in [0.05, 0.1) is 0 Å². The number of carbonyl (C=O) groups excluding carboxylic acids is 1. The number of hydrogen-bond donors (Lipinski definition) is 1. The molecule has 4 nitrogen and oxygen atoms in total. The van der Waals surface area contributed by atoms with Crippen molar-refractivity contribution in [2.75, 3.05) is 26.0 Å². The molecule has 1 rings (SSSR count). The van der Waals surface area contributed by atoms with E-state index in [-0.39, 0.29) is 5.91 Å². The fourth-order valence-corrected chi connectivity index (χ4v) is 1.92. The van der Waals surface area contributed by atoms with Gasteiger partial charge in [-0.15, -0.1) is 0 Å². The van der Waals surface area contributed by atoms with E-state index in [1.807, 2.05) is 33.2 Å². The zero-order chi connectivity index (χ0) is 14.4. The van der Waals surface area contributed by atoms with Gasteiger partial charge in [0.1, 0.15) is 5.82 Å². The van der Waals surface area contributed by atoms with Crippen molar-refractivity contribution in [3.8, 4) is 0 Å². The second kappa shape index (κ2) is 7.12. The molecular formula is C15H25N3O. The number of rotatable bonds is 6. The lowest BCUT2D eigenvalue weighted by molar-refractivity contribution is 0.0774. The predicted molar refractivity (Wildman–Crippen MR) is 79.6 cm³/mol. The molecule has 4 heteroatoms. The maximum Gasteiger partial charge on any atom is 0.253 e. The molecule has 0 spiro atoms. The summed E-state index contributed by atoms with van der Waals surface area (Å²) in [7, 11) is 3.68. The fourth-order valence-electron chi connectivity index (χ4n) is 1.92.